The molecule has 5 heterocycles. The zero-order valence-corrected chi connectivity index (χ0v) is 20.5. The van der Waals surface area contributed by atoms with Gasteiger partial charge in [0, 0.05) is 38.8 Å². The molecule has 1 fully saturated rings. The van der Waals surface area contributed by atoms with Gasteiger partial charge in [-0.25, -0.2) is 29.9 Å². The minimum absolute atomic E-state index is 0.0402. The smallest absolute Gasteiger partial charge is 0.226 e. The van der Waals surface area contributed by atoms with Gasteiger partial charge in [-0.3, -0.25) is 4.79 Å². The number of carbonyl (C=O) groups is 1. The van der Waals surface area contributed by atoms with Crippen molar-refractivity contribution in [2.45, 2.75) is 19.9 Å². The number of anilines is 3. The zero-order valence-electron chi connectivity index (χ0n) is 20.5. The number of pyridine rings is 1. The van der Waals surface area contributed by atoms with E-state index in [9.17, 15) is 4.79 Å². The van der Waals surface area contributed by atoms with Gasteiger partial charge < -0.3 is 24.8 Å². The van der Waals surface area contributed by atoms with Crippen molar-refractivity contribution in [3.63, 3.8) is 0 Å². The molecule has 1 aliphatic rings. The minimum atomic E-state index is -0.0402. The molecule has 186 valence electrons. The van der Waals surface area contributed by atoms with Crippen molar-refractivity contribution in [2.24, 2.45) is 7.05 Å². The predicted octanol–water partition coefficient (Wildman–Crippen LogP) is 2.87. The number of ether oxygens (including phenoxy) is 1. The van der Waals surface area contributed by atoms with Crippen LogP contribution in [-0.2, 0) is 11.8 Å². The van der Waals surface area contributed by atoms with E-state index in [4.69, 9.17) is 9.72 Å². The summed E-state index contributed by atoms with van der Waals surface area (Å²) < 4.78 is 7.94. The monoisotopic (exact) mass is 496 g/mol. The van der Waals surface area contributed by atoms with Crippen molar-refractivity contribution in [2.75, 3.05) is 23.3 Å². The normalized spacial score (nSPS) is 13.5. The topological polar surface area (TPSA) is 136 Å². The molecule has 0 spiro atoms. The van der Waals surface area contributed by atoms with Gasteiger partial charge in [-0.1, -0.05) is 0 Å². The van der Waals surface area contributed by atoms with E-state index in [-0.39, 0.29) is 11.9 Å². The van der Waals surface area contributed by atoms with E-state index >= 15 is 0 Å². The molecule has 0 aliphatic carbocycles. The molecule has 12 heteroatoms. The minimum Gasteiger partial charge on any atom is -0.455 e. The molecule has 1 saturated heterocycles. The Kier molecular flexibility index (Phi) is 5.48. The van der Waals surface area contributed by atoms with Crippen molar-refractivity contribution in [1.29, 1.82) is 0 Å². The maximum Gasteiger partial charge on any atom is 0.226 e. The summed E-state index contributed by atoms with van der Waals surface area (Å²) >= 11 is 0. The molecule has 1 aromatic carbocycles. The SMILES string of the molecule is CC(=O)NC1CN(c2ncc3ncnc(Nc4ccc(Oc5cnc6c(c5)ncn6C)c(C)c4)c3n2)C1. The lowest BCUT2D eigenvalue weighted by molar-refractivity contribution is -0.119. The number of hydrogen-bond donors (Lipinski definition) is 2. The van der Waals surface area contributed by atoms with Gasteiger partial charge in [-0.15, -0.1) is 0 Å². The first-order valence-corrected chi connectivity index (χ1v) is 11.8. The van der Waals surface area contributed by atoms with Gasteiger partial charge in [-0.2, -0.15) is 0 Å². The second kappa shape index (κ2) is 8.97. The highest BCUT2D eigenvalue weighted by atomic mass is 16.5. The molecule has 1 aliphatic heterocycles. The molecule has 2 N–H and O–H groups in total. The highest BCUT2D eigenvalue weighted by Gasteiger charge is 2.29. The number of nitrogens with one attached hydrogen (secondary N) is 2. The summed E-state index contributed by atoms with van der Waals surface area (Å²) in [5.74, 6) is 2.44. The third-order valence-electron chi connectivity index (χ3n) is 6.13. The molecule has 37 heavy (non-hydrogen) atoms. The Morgan fingerprint density at radius 2 is 1.92 bits per heavy atom. The summed E-state index contributed by atoms with van der Waals surface area (Å²) in [6, 6.07) is 7.76. The standard InChI is InChI=1S/C25H24N10O2/c1-14-6-16(4-5-21(14)37-18-7-19-24(26-8-18)34(3)13-30-19)32-23-22-20(28-12-29-23)9-27-25(33-22)35-10-17(11-35)31-15(2)36/h4-9,12-13,17H,10-11H2,1-3H3,(H,31,36)(H,28,29,32). The number of benzene rings is 1. The van der Waals surface area contributed by atoms with Crippen molar-refractivity contribution >= 4 is 45.6 Å². The second-order valence-electron chi connectivity index (χ2n) is 9.01. The van der Waals surface area contributed by atoms with Crippen LogP contribution >= 0.6 is 0 Å². The number of rotatable bonds is 6. The van der Waals surface area contributed by atoms with Crippen molar-refractivity contribution in [1.82, 2.24) is 39.8 Å². The van der Waals surface area contributed by atoms with E-state index in [0.717, 1.165) is 22.4 Å². The number of nitrogens with zero attached hydrogens (tertiary/aromatic N) is 8. The highest BCUT2D eigenvalue weighted by molar-refractivity contribution is 5.87. The number of fused-ring (bicyclic) bond motifs is 2. The third kappa shape index (κ3) is 4.44. The fourth-order valence-electron chi connectivity index (χ4n) is 4.27. The van der Waals surface area contributed by atoms with E-state index in [2.05, 4.69) is 35.6 Å². The fraction of sp³-hybridized carbons (Fsp3) is 0.240. The molecular weight excluding hydrogens is 472 g/mol. The average molecular weight is 497 g/mol. The van der Waals surface area contributed by atoms with Crippen LogP contribution in [0.1, 0.15) is 12.5 Å². The summed E-state index contributed by atoms with van der Waals surface area (Å²) in [5, 5.41) is 6.25. The number of aryl methyl sites for hydroxylation is 2. The fourth-order valence-corrected chi connectivity index (χ4v) is 4.27. The summed E-state index contributed by atoms with van der Waals surface area (Å²) in [5.41, 5.74) is 4.59. The van der Waals surface area contributed by atoms with E-state index < -0.39 is 0 Å². The Labute approximate surface area is 211 Å². The Bertz CT molecular complexity index is 1640. The number of aromatic nitrogens is 7. The highest BCUT2D eigenvalue weighted by Crippen LogP contribution is 2.30. The molecule has 0 atom stereocenters. The van der Waals surface area contributed by atoms with Crippen LogP contribution in [0.15, 0.2) is 49.3 Å². The average Bonchev–Trinajstić information content (AvgIpc) is 3.22. The molecule has 0 bridgehead atoms. The van der Waals surface area contributed by atoms with Crippen LogP contribution in [0.25, 0.3) is 22.2 Å². The lowest BCUT2D eigenvalue weighted by atomic mass is 10.1. The molecule has 0 saturated carbocycles. The van der Waals surface area contributed by atoms with Crippen LogP contribution in [-0.4, -0.2) is 59.5 Å². The quantitative estimate of drug-likeness (QED) is 0.361. The maximum absolute atomic E-state index is 11.3. The molecule has 1 amide bonds. The van der Waals surface area contributed by atoms with Gasteiger partial charge in [0.1, 0.15) is 34.4 Å². The molecule has 5 aromatic rings. The first-order chi connectivity index (χ1) is 17.9. The molecule has 12 nitrogen and oxygen atoms in total. The number of hydrogen-bond acceptors (Lipinski definition) is 10. The van der Waals surface area contributed by atoms with Crippen LogP contribution in [0.2, 0.25) is 0 Å². The summed E-state index contributed by atoms with van der Waals surface area (Å²) in [6.45, 7) is 4.81. The molecule has 0 unspecified atom stereocenters. The van der Waals surface area contributed by atoms with E-state index in [1.807, 2.05) is 47.7 Å². The molecule has 0 radical (unpaired) electrons. The van der Waals surface area contributed by atoms with E-state index in [1.54, 1.807) is 18.7 Å². The Morgan fingerprint density at radius 3 is 2.73 bits per heavy atom. The third-order valence-corrected chi connectivity index (χ3v) is 6.13. The van der Waals surface area contributed by atoms with Crippen molar-refractivity contribution < 1.29 is 9.53 Å². The summed E-state index contributed by atoms with van der Waals surface area (Å²) in [4.78, 5) is 39.9. The Hall–Kier alpha value is -4.87. The predicted molar refractivity (Wildman–Crippen MR) is 138 cm³/mol. The Balaban J connectivity index is 1.21. The maximum atomic E-state index is 11.3. The van der Waals surface area contributed by atoms with Crippen LogP contribution in [0.3, 0.4) is 0 Å². The first kappa shape index (κ1) is 22.6. The second-order valence-corrected chi connectivity index (χ2v) is 9.01. The number of carbonyl (C=O) groups excluding carboxylic acids is 1. The lowest BCUT2D eigenvalue weighted by Gasteiger charge is -2.39. The summed E-state index contributed by atoms with van der Waals surface area (Å²) in [6.07, 6.45) is 6.58. The van der Waals surface area contributed by atoms with E-state index in [0.29, 0.717) is 47.4 Å². The molecule has 6 rings (SSSR count). The molecular formula is C25H24N10O2. The van der Waals surface area contributed by atoms with Crippen LogP contribution < -0.4 is 20.3 Å². The van der Waals surface area contributed by atoms with Crippen molar-refractivity contribution in [3.8, 4) is 11.5 Å². The number of imidazole rings is 1. The van der Waals surface area contributed by atoms with Crippen LogP contribution in [0.5, 0.6) is 11.5 Å². The van der Waals surface area contributed by atoms with E-state index in [1.165, 1.54) is 13.3 Å². The van der Waals surface area contributed by atoms with Gasteiger partial charge >= 0.3 is 0 Å². The van der Waals surface area contributed by atoms with Crippen molar-refractivity contribution in [3.05, 3.63) is 54.9 Å². The Morgan fingerprint density at radius 1 is 1.05 bits per heavy atom. The summed E-state index contributed by atoms with van der Waals surface area (Å²) in [7, 11) is 1.90. The lowest BCUT2D eigenvalue weighted by Crippen LogP contribution is -2.59. The number of amides is 1. The zero-order chi connectivity index (χ0) is 25.5. The van der Waals surface area contributed by atoms with Crippen LogP contribution in [0, 0.1) is 6.92 Å². The van der Waals surface area contributed by atoms with Gasteiger partial charge in [0.05, 0.1) is 24.8 Å². The largest absolute Gasteiger partial charge is 0.455 e. The first-order valence-electron chi connectivity index (χ1n) is 11.8. The van der Waals surface area contributed by atoms with Crippen LogP contribution in [0.4, 0.5) is 17.5 Å². The van der Waals surface area contributed by atoms with Gasteiger partial charge in [0.25, 0.3) is 0 Å². The van der Waals surface area contributed by atoms with Gasteiger partial charge in [0.2, 0.25) is 11.9 Å². The molecule has 4 aromatic heterocycles. The van der Waals surface area contributed by atoms with Gasteiger partial charge in [-0.05, 0) is 30.7 Å². The van der Waals surface area contributed by atoms with Gasteiger partial charge in [0.15, 0.2) is 11.5 Å².